The maximum Gasteiger partial charge on any atom is 0.243 e. The number of sulfonamides is 1. The molecule has 5 heteroatoms. The Bertz CT molecular complexity index is 779. The highest BCUT2D eigenvalue weighted by Gasteiger charge is 2.33. The minimum Gasteiger partial charge on any atom is -0.376 e. The summed E-state index contributed by atoms with van der Waals surface area (Å²) in [5.41, 5.74) is 2.22. The van der Waals surface area contributed by atoms with E-state index < -0.39 is 10.0 Å². The maximum atomic E-state index is 12.8. The molecule has 1 heterocycles. The summed E-state index contributed by atoms with van der Waals surface area (Å²) < 4.78 is 32.9. The first-order valence-corrected chi connectivity index (χ1v) is 10.1. The third kappa shape index (κ3) is 3.94. The van der Waals surface area contributed by atoms with Gasteiger partial charge in [0.15, 0.2) is 0 Å². The normalized spacial score (nSPS) is 18.2. The minimum atomic E-state index is -3.41. The number of aryl methyl sites for hydroxylation is 1. The first-order chi connectivity index (χ1) is 12.0. The molecule has 1 atom stereocenters. The fourth-order valence-corrected chi connectivity index (χ4v) is 4.99. The molecular formula is C20H25NO3S. The number of benzene rings is 2. The molecule has 0 spiro atoms. The quantitative estimate of drug-likeness (QED) is 0.816. The summed E-state index contributed by atoms with van der Waals surface area (Å²) >= 11 is 0. The Hall–Kier alpha value is -1.69. The van der Waals surface area contributed by atoms with Crippen molar-refractivity contribution in [3.8, 4) is 0 Å². The summed E-state index contributed by atoms with van der Waals surface area (Å²) in [6.45, 7) is 3.03. The lowest BCUT2D eigenvalue weighted by atomic mass is 9.88. The Labute approximate surface area is 150 Å². The van der Waals surface area contributed by atoms with Crippen molar-refractivity contribution >= 4 is 10.0 Å². The molecule has 2 aromatic carbocycles. The first kappa shape index (κ1) is 18.1. The molecule has 3 rings (SSSR count). The van der Waals surface area contributed by atoms with Crippen LogP contribution < -0.4 is 0 Å². The van der Waals surface area contributed by atoms with E-state index in [1.165, 1.54) is 0 Å². The fourth-order valence-electron chi connectivity index (χ4n) is 3.52. The van der Waals surface area contributed by atoms with E-state index >= 15 is 0 Å². The van der Waals surface area contributed by atoms with Crippen molar-refractivity contribution in [2.24, 2.45) is 5.92 Å². The van der Waals surface area contributed by atoms with Crippen LogP contribution in [0, 0.1) is 12.8 Å². The maximum absolute atomic E-state index is 12.8. The molecule has 0 saturated carbocycles. The molecule has 0 bridgehead atoms. The lowest BCUT2D eigenvalue weighted by Gasteiger charge is -2.35. The molecule has 1 fully saturated rings. The van der Waals surface area contributed by atoms with Gasteiger partial charge in [0, 0.05) is 20.2 Å². The summed E-state index contributed by atoms with van der Waals surface area (Å²) in [5.74, 6) is 0.330. The number of hydrogen-bond donors (Lipinski definition) is 0. The van der Waals surface area contributed by atoms with Crippen LogP contribution in [0.2, 0.25) is 0 Å². The molecule has 0 radical (unpaired) electrons. The van der Waals surface area contributed by atoms with Crippen LogP contribution in [0.3, 0.4) is 0 Å². The Balaban J connectivity index is 1.70. The fraction of sp³-hybridized carbons (Fsp3) is 0.400. The number of hydrogen-bond acceptors (Lipinski definition) is 3. The summed E-state index contributed by atoms with van der Waals surface area (Å²) in [6.07, 6.45) is 1.63. The molecule has 0 N–H and O–H groups in total. The van der Waals surface area contributed by atoms with E-state index in [2.05, 4.69) is 12.1 Å². The van der Waals surface area contributed by atoms with Gasteiger partial charge >= 0.3 is 0 Å². The van der Waals surface area contributed by atoms with E-state index in [9.17, 15) is 8.42 Å². The minimum absolute atomic E-state index is 0.0189. The van der Waals surface area contributed by atoms with Crippen LogP contribution in [-0.2, 0) is 14.8 Å². The van der Waals surface area contributed by atoms with Gasteiger partial charge in [0.1, 0.15) is 0 Å². The molecular weight excluding hydrogens is 334 g/mol. The highest BCUT2D eigenvalue weighted by Crippen LogP contribution is 2.34. The van der Waals surface area contributed by atoms with Gasteiger partial charge in [-0.3, -0.25) is 0 Å². The summed E-state index contributed by atoms with van der Waals surface area (Å²) in [7, 11) is -1.68. The van der Waals surface area contributed by atoms with Crippen LogP contribution in [-0.4, -0.2) is 32.9 Å². The zero-order chi connectivity index (χ0) is 17.9. The van der Waals surface area contributed by atoms with Gasteiger partial charge in [0.2, 0.25) is 10.0 Å². The van der Waals surface area contributed by atoms with E-state index in [0.29, 0.717) is 23.9 Å². The van der Waals surface area contributed by atoms with E-state index in [0.717, 1.165) is 24.0 Å². The molecule has 25 heavy (non-hydrogen) atoms. The van der Waals surface area contributed by atoms with Crippen LogP contribution in [0.4, 0.5) is 0 Å². The zero-order valence-electron chi connectivity index (χ0n) is 14.8. The molecule has 1 aliphatic rings. The average molecular weight is 359 g/mol. The lowest BCUT2D eigenvalue weighted by molar-refractivity contribution is 0.0303. The second-order valence-electron chi connectivity index (χ2n) is 6.62. The van der Waals surface area contributed by atoms with Gasteiger partial charge in [-0.25, -0.2) is 8.42 Å². The van der Waals surface area contributed by atoms with E-state index in [1.807, 2.05) is 37.3 Å². The number of ether oxygens (including phenoxy) is 1. The van der Waals surface area contributed by atoms with Gasteiger partial charge in [0.05, 0.1) is 11.0 Å². The Morgan fingerprint density at radius 1 is 1.00 bits per heavy atom. The molecule has 4 nitrogen and oxygen atoms in total. The first-order valence-electron chi connectivity index (χ1n) is 8.67. The van der Waals surface area contributed by atoms with Crippen molar-refractivity contribution in [3.05, 3.63) is 65.7 Å². The summed E-state index contributed by atoms with van der Waals surface area (Å²) in [5, 5.41) is 0. The smallest absolute Gasteiger partial charge is 0.243 e. The summed E-state index contributed by atoms with van der Waals surface area (Å²) in [4.78, 5) is 0.378. The van der Waals surface area contributed by atoms with Gasteiger partial charge in [-0.1, -0.05) is 48.0 Å². The second kappa shape index (κ2) is 7.68. The van der Waals surface area contributed by atoms with Crippen molar-refractivity contribution in [1.82, 2.24) is 4.31 Å². The third-order valence-corrected chi connectivity index (χ3v) is 6.88. The standard InChI is InChI=1S/C20H25NO3S/c1-16-8-10-19(11-9-16)25(22,23)21-14-12-18(13-15-21)20(24-2)17-6-4-3-5-7-17/h3-11,18,20H,12-15H2,1-2H3. The number of rotatable bonds is 5. The van der Waals surface area contributed by atoms with Gasteiger partial charge in [-0.2, -0.15) is 4.31 Å². The Morgan fingerprint density at radius 3 is 2.16 bits per heavy atom. The molecule has 1 aliphatic heterocycles. The Morgan fingerprint density at radius 2 is 1.60 bits per heavy atom. The van der Waals surface area contributed by atoms with Crippen molar-refractivity contribution in [1.29, 1.82) is 0 Å². The predicted molar refractivity (Wildman–Crippen MR) is 98.9 cm³/mol. The van der Waals surface area contributed by atoms with Gasteiger partial charge in [-0.15, -0.1) is 0 Å². The van der Waals surface area contributed by atoms with E-state index in [1.54, 1.807) is 23.5 Å². The lowest BCUT2D eigenvalue weighted by Crippen LogP contribution is -2.39. The van der Waals surface area contributed by atoms with Crippen LogP contribution in [0.1, 0.15) is 30.1 Å². The molecule has 0 aromatic heterocycles. The molecule has 2 aromatic rings. The largest absolute Gasteiger partial charge is 0.376 e. The number of nitrogens with zero attached hydrogens (tertiary/aromatic N) is 1. The van der Waals surface area contributed by atoms with Crippen LogP contribution >= 0.6 is 0 Å². The molecule has 0 amide bonds. The third-order valence-electron chi connectivity index (χ3n) is 4.97. The SMILES string of the molecule is COC(c1ccccc1)C1CCN(S(=O)(=O)c2ccc(C)cc2)CC1. The molecule has 1 saturated heterocycles. The number of methoxy groups -OCH3 is 1. The monoisotopic (exact) mass is 359 g/mol. The predicted octanol–water partition coefficient (Wildman–Crippen LogP) is 3.78. The van der Waals surface area contributed by atoms with Crippen molar-refractivity contribution in [2.45, 2.75) is 30.8 Å². The highest BCUT2D eigenvalue weighted by atomic mass is 32.2. The van der Waals surface area contributed by atoms with Crippen molar-refractivity contribution in [3.63, 3.8) is 0 Å². The number of piperidine rings is 1. The van der Waals surface area contributed by atoms with Gasteiger partial charge < -0.3 is 4.74 Å². The van der Waals surface area contributed by atoms with Gasteiger partial charge in [0.25, 0.3) is 0 Å². The average Bonchev–Trinajstić information content (AvgIpc) is 2.64. The van der Waals surface area contributed by atoms with Crippen LogP contribution in [0.25, 0.3) is 0 Å². The van der Waals surface area contributed by atoms with Crippen LogP contribution in [0.5, 0.6) is 0 Å². The van der Waals surface area contributed by atoms with Gasteiger partial charge in [-0.05, 0) is 43.4 Å². The molecule has 134 valence electrons. The molecule has 1 unspecified atom stereocenters. The van der Waals surface area contributed by atoms with Crippen molar-refractivity contribution < 1.29 is 13.2 Å². The Kier molecular flexibility index (Phi) is 5.57. The van der Waals surface area contributed by atoms with Crippen molar-refractivity contribution in [2.75, 3.05) is 20.2 Å². The summed E-state index contributed by atoms with van der Waals surface area (Å²) in [6, 6.07) is 17.2. The van der Waals surface area contributed by atoms with E-state index in [-0.39, 0.29) is 6.10 Å². The highest BCUT2D eigenvalue weighted by molar-refractivity contribution is 7.89. The topological polar surface area (TPSA) is 46.6 Å². The van der Waals surface area contributed by atoms with Crippen LogP contribution in [0.15, 0.2) is 59.5 Å². The zero-order valence-corrected chi connectivity index (χ0v) is 15.6. The van der Waals surface area contributed by atoms with E-state index in [4.69, 9.17) is 4.74 Å². The molecule has 0 aliphatic carbocycles. The second-order valence-corrected chi connectivity index (χ2v) is 8.56.